The second kappa shape index (κ2) is 4.34. The first-order valence-corrected chi connectivity index (χ1v) is 6.07. The Bertz CT molecular complexity index is 390. The number of nitrogens with two attached hydrogens (primary N) is 1. The second-order valence-corrected chi connectivity index (χ2v) is 5.46. The number of hydrogen-bond donors (Lipinski definition) is 1. The molecule has 0 bridgehead atoms. The third kappa shape index (κ3) is 2.38. The van der Waals surface area contributed by atoms with Crippen LogP contribution in [-0.2, 0) is 6.42 Å². The Morgan fingerprint density at radius 3 is 2.69 bits per heavy atom. The number of halogens is 2. The molecular weight excluding hydrogens is 225 g/mol. The molecule has 1 aliphatic carbocycles. The van der Waals surface area contributed by atoms with E-state index in [1.165, 1.54) is 18.9 Å². The summed E-state index contributed by atoms with van der Waals surface area (Å²) in [6.07, 6.45) is 3.42. The monoisotopic (exact) mass is 241 g/mol. The second-order valence-electron chi connectivity index (χ2n) is 5.06. The van der Waals surface area contributed by atoms with Gasteiger partial charge in [0.25, 0.3) is 0 Å². The molecule has 2 rings (SSSR count). The summed E-state index contributed by atoms with van der Waals surface area (Å²) in [6.45, 7) is 2.88. The normalized spacial score (nSPS) is 19.5. The maximum atomic E-state index is 13.0. The van der Waals surface area contributed by atoms with Crippen LogP contribution in [0.25, 0.3) is 0 Å². The third-order valence-electron chi connectivity index (χ3n) is 3.62. The van der Waals surface area contributed by atoms with Crippen LogP contribution < -0.4 is 5.73 Å². The van der Waals surface area contributed by atoms with Crippen LogP contribution in [0, 0.1) is 17.2 Å². The summed E-state index contributed by atoms with van der Waals surface area (Å²) in [7, 11) is 0. The van der Waals surface area contributed by atoms with E-state index in [0.29, 0.717) is 6.54 Å². The van der Waals surface area contributed by atoms with E-state index < -0.39 is 0 Å². The number of benzene rings is 1. The Labute approximate surface area is 101 Å². The SMILES string of the molecule is CC(CN)(Cc1ccc(F)c(Cl)c1)C1CC1. The lowest BCUT2D eigenvalue weighted by Crippen LogP contribution is -2.31. The van der Waals surface area contributed by atoms with Gasteiger partial charge in [-0.1, -0.05) is 24.6 Å². The highest BCUT2D eigenvalue weighted by Gasteiger charge is 2.40. The highest BCUT2D eigenvalue weighted by atomic mass is 35.5. The minimum atomic E-state index is -0.355. The van der Waals surface area contributed by atoms with E-state index in [4.69, 9.17) is 17.3 Å². The van der Waals surface area contributed by atoms with Gasteiger partial charge in [0.2, 0.25) is 0 Å². The van der Waals surface area contributed by atoms with Crippen molar-refractivity contribution in [3.8, 4) is 0 Å². The molecule has 0 aromatic heterocycles. The first-order chi connectivity index (χ1) is 7.55. The van der Waals surface area contributed by atoms with Crippen molar-refractivity contribution in [1.82, 2.24) is 0 Å². The van der Waals surface area contributed by atoms with Crippen molar-refractivity contribution in [2.75, 3.05) is 6.54 Å². The summed E-state index contributed by atoms with van der Waals surface area (Å²) in [5, 5.41) is 0.202. The first kappa shape index (κ1) is 11.9. The molecule has 88 valence electrons. The maximum Gasteiger partial charge on any atom is 0.141 e. The molecule has 2 N–H and O–H groups in total. The zero-order valence-corrected chi connectivity index (χ0v) is 10.2. The molecule has 0 heterocycles. The lowest BCUT2D eigenvalue weighted by molar-refractivity contribution is 0.281. The predicted octanol–water partition coefficient (Wildman–Crippen LogP) is 3.40. The van der Waals surface area contributed by atoms with E-state index in [-0.39, 0.29) is 16.3 Å². The molecule has 0 saturated heterocycles. The van der Waals surface area contributed by atoms with Crippen LogP contribution in [0.1, 0.15) is 25.3 Å². The summed E-state index contributed by atoms with van der Waals surface area (Å²) in [5.41, 5.74) is 7.07. The van der Waals surface area contributed by atoms with E-state index in [0.717, 1.165) is 17.9 Å². The molecule has 1 aliphatic rings. The van der Waals surface area contributed by atoms with Crippen LogP contribution in [0.5, 0.6) is 0 Å². The van der Waals surface area contributed by atoms with Crippen LogP contribution >= 0.6 is 11.6 Å². The van der Waals surface area contributed by atoms with Gasteiger partial charge >= 0.3 is 0 Å². The average Bonchev–Trinajstić information content (AvgIpc) is 3.07. The van der Waals surface area contributed by atoms with Crippen molar-refractivity contribution in [1.29, 1.82) is 0 Å². The van der Waals surface area contributed by atoms with Crippen molar-refractivity contribution in [2.45, 2.75) is 26.2 Å². The number of rotatable bonds is 4. The molecule has 0 amide bonds. The average molecular weight is 242 g/mol. The van der Waals surface area contributed by atoms with Crippen LogP contribution in [0.3, 0.4) is 0 Å². The Morgan fingerprint density at radius 2 is 2.19 bits per heavy atom. The molecule has 1 aromatic carbocycles. The lowest BCUT2D eigenvalue weighted by atomic mass is 9.79. The minimum Gasteiger partial charge on any atom is -0.330 e. The van der Waals surface area contributed by atoms with Gasteiger partial charge < -0.3 is 5.73 Å². The summed E-state index contributed by atoms with van der Waals surface area (Å²) >= 11 is 5.77. The smallest absolute Gasteiger partial charge is 0.141 e. The minimum absolute atomic E-state index is 0.140. The molecular formula is C13H17ClFN. The largest absolute Gasteiger partial charge is 0.330 e. The Kier molecular flexibility index (Phi) is 3.22. The third-order valence-corrected chi connectivity index (χ3v) is 3.91. The molecule has 0 radical (unpaired) electrons. The van der Waals surface area contributed by atoms with E-state index >= 15 is 0 Å². The van der Waals surface area contributed by atoms with Crippen molar-refractivity contribution in [3.05, 3.63) is 34.6 Å². The van der Waals surface area contributed by atoms with Gasteiger partial charge in [0.15, 0.2) is 0 Å². The fourth-order valence-electron chi connectivity index (χ4n) is 2.28. The van der Waals surface area contributed by atoms with Crippen LogP contribution in [-0.4, -0.2) is 6.54 Å². The molecule has 1 unspecified atom stereocenters. The van der Waals surface area contributed by atoms with Crippen LogP contribution in [0.2, 0.25) is 5.02 Å². The van der Waals surface area contributed by atoms with E-state index in [1.54, 1.807) is 12.1 Å². The van der Waals surface area contributed by atoms with Gasteiger partial charge in [0.1, 0.15) is 5.82 Å². The maximum absolute atomic E-state index is 13.0. The van der Waals surface area contributed by atoms with Crippen LogP contribution in [0.15, 0.2) is 18.2 Å². The highest BCUT2D eigenvalue weighted by Crippen LogP contribution is 2.46. The Hall–Kier alpha value is -0.600. The molecule has 1 nitrogen and oxygen atoms in total. The molecule has 1 saturated carbocycles. The predicted molar refractivity (Wildman–Crippen MR) is 65.0 cm³/mol. The van der Waals surface area contributed by atoms with Gasteiger partial charge in [-0.25, -0.2) is 4.39 Å². The van der Waals surface area contributed by atoms with Crippen LogP contribution in [0.4, 0.5) is 4.39 Å². The van der Waals surface area contributed by atoms with Gasteiger partial charge in [-0.3, -0.25) is 0 Å². The number of hydrogen-bond acceptors (Lipinski definition) is 1. The van der Waals surface area contributed by atoms with Crippen molar-refractivity contribution < 1.29 is 4.39 Å². The molecule has 3 heteroatoms. The van der Waals surface area contributed by atoms with Crippen molar-refractivity contribution in [3.63, 3.8) is 0 Å². The van der Waals surface area contributed by atoms with Gasteiger partial charge in [-0.2, -0.15) is 0 Å². The Balaban J connectivity index is 2.15. The van der Waals surface area contributed by atoms with Gasteiger partial charge in [0, 0.05) is 0 Å². The molecule has 0 spiro atoms. The quantitative estimate of drug-likeness (QED) is 0.859. The van der Waals surface area contributed by atoms with Gasteiger partial charge in [-0.05, 0) is 54.8 Å². The van der Waals surface area contributed by atoms with E-state index in [2.05, 4.69) is 6.92 Å². The van der Waals surface area contributed by atoms with Crippen molar-refractivity contribution in [2.24, 2.45) is 17.1 Å². The Morgan fingerprint density at radius 1 is 1.50 bits per heavy atom. The molecule has 1 fully saturated rings. The lowest BCUT2D eigenvalue weighted by Gasteiger charge is -2.28. The molecule has 16 heavy (non-hydrogen) atoms. The fraction of sp³-hybridized carbons (Fsp3) is 0.538. The summed E-state index contributed by atoms with van der Waals surface area (Å²) < 4.78 is 13.0. The zero-order chi connectivity index (χ0) is 11.8. The van der Waals surface area contributed by atoms with Crippen molar-refractivity contribution >= 4 is 11.6 Å². The summed E-state index contributed by atoms with van der Waals surface area (Å²) in [5.74, 6) is 0.368. The summed E-state index contributed by atoms with van der Waals surface area (Å²) in [4.78, 5) is 0. The standard InChI is InChI=1S/C13H17ClFN/c1-13(8-16,10-3-4-10)7-9-2-5-12(15)11(14)6-9/h2,5-6,10H,3-4,7-8,16H2,1H3. The highest BCUT2D eigenvalue weighted by molar-refractivity contribution is 6.30. The van der Waals surface area contributed by atoms with E-state index in [9.17, 15) is 4.39 Å². The van der Waals surface area contributed by atoms with E-state index in [1.807, 2.05) is 0 Å². The fourth-order valence-corrected chi connectivity index (χ4v) is 2.48. The summed E-state index contributed by atoms with van der Waals surface area (Å²) in [6, 6.07) is 4.95. The first-order valence-electron chi connectivity index (χ1n) is 5.69. The molecule has 1 atom stereocenters. The zero-order valence-electron chi connectivity index (χ0n) is 9.47. The topological polar surface area (TPSA) is 26.0 Å². The molecule has 0 aliphatic heterocycles. The van der Waals surface area contributed by atoms with Gasteiger partial charge in [0.05, 0.1) is 5.02 Å². The molecule has 1 aromatic rings. The van der Waals surface area contributed by atoms with Gasteiger partial charge in [-0.15, -0.1) is 0 Å².